The van der Waals surface area contributed by atoms with Crippen molar-refractivity contribution in [2.24, 2.45) is 11.7 Å². The van der Waals surface area contributed by atoms with Crippen molar-refractivity contribution in [3.8, 4) is 0 Å². The van der Waals surface area contributed by atoms with Crippen molar-refractivity contribution in [2.75, 3.05) is 6.61 Å². The molecule has 1 amide bonds. The summed E-state index contributed by atoms with van der Waals surface area (Å²) < 4.78 is 5.50. The summed E-state index contributed by atoms with van der Waals surface area (Å²) in [5, 5.41) is 3.11. The molecule has 0 aromatic carbocycles. The van der Waals surface area contributed by atoms with Crippen LogP contribution in [0.1, 0.15) is 51.9 Å². The lowest BCUT2D eigenvalue weighted by atomic mass is 9.79. The zero-order valence-electron chi connectivity index (χ0n) is 11.4. The van der Waals surface area contributed by atoms with Gasteiger partial charge in [0.1, 0.15) is 0 Å². The van der Waals surface area contributed by atoms with Gasteiger partial charge in [0.15, 0.2) is 0 Å². The smallest absolute Gasteiger partial charge is 0.220 e. The van der Waals surface area contributed by atoms with E-state index in [-0.39, 0.29) is 18.0 Å². The molecule has 2 aliphatic carbocycles. The molecule has 18 heavy (non-hydrogen) atoms. The third kappa shape index (κ3) is 3.69. The SMILES string of the molecule is CCOC1CC(CC(=O)N[C@@H]2CCCC[C@H]2N)C1. The van der Waals surface area contributed by atoms with E-state index in [9.17, 15) is 4.79 Å². The van der Waals surface area contributed by atoms with Crippen LogP contribution in [0.2, 0.25) is 0 Å². The summed E-state index contributed by atoms with van der Waals surface area (Å²) in [6.45, 7) is 2.80. The highest BCUT2D eigenvalue weighted by molar-refractivity contribution is 5.76. The Hall–Kier alpha value is -0.610. The van der Waals surface area contributed by atoms with Gasteiger partial charge in [0.2, 0.25) is 5.91 Å². The van der Waals surface area contributed by atoms with Gasteiger partial charge >= 0.3 is 0 Å². The monoisotopic (exact) mass is 254 g/mol. The Morgan fingerprint density at radius 3 is 2.72 bits per heavy atom. The Labute approximate surface area is 110 Å². The van der Waals surface area contributed by atoms with Crippen LogP contribution in [0.3, 0.4) is 0 Å². The molecule has 2 atom stereocenters. The second kappa shape index (κ2) is 6.53. The summed E-state index contributed by atoms with van der Waals surface area (Å²) in [7, 11) is 0. The van der Waals surface area contributed by atoms with Crippen molar-refractivity contribution < 1.29 is 9.53 Å². The maximum atomic E-state index is 11.9. The molecular formula is C14H26N2O2. The van der Waals surface area contributed by atoms with Crippen LogP contribution in [0, 0.1) is 5.92 Å². The molecule has 0 heterocycles. The second-order valence-corrected chi connectivity index (χ2v) is 5.74. The van der Waals surface area contributed by atoms with E-state index >= 15 is 0 Å². The molecule has 0 bridgehead atoms. The zero-order chi connectivity index (χ0) is 13.0. The van der Waals surface area contributed by atoms with Gasteiger partial charge in [0.05, 0.1) is 6.10 Å². The number of carbonyl (C=O) groups excluding carboxylic acids is 1. The molecular weight excluding hydrogens is 228 g/mol. The standard InChI is InChI=1S/C14H26N2O2/c1-2-18-11-7-10(8-11)9-14(17)16-13-6-4-3-5-12(13)15/h10-13H,2-9,15H2,1H3,(H,16,17)/t10?,11?,12-,13-/m1/s1. The first kappa shape index (κ1) is 13.8. The van der Waals surface area contributed by atoms with E-state index in [2.05, 4.69) is 5.32 Å². The first-order chi connectivity index (χ1) is 8.69. The highest BCUT2D eigenvalue weighted by Gasteiger charge is 2.32. The highest BCUT2D eigenvalue weighted by Crippen LogP contribution is 2.32. The number of ether oxygens (including phenoxy) is 1. The van der Waals surface area contributed by atoms with Crippen molar-refractivity contribution in [3.63, 3.8) is 0 Å². The number of rotatable bonds is 5. The third-order valence-electron chi connectivity index (χ3n) is 4.23. The topological polar surface area (TPSA) is 64.3 Å². The molecule has 0 aliphatic heterocycles. The summed E-state index contributed by atoms with van der Waals surface area (Å²) in [5.41, 5.74) is 6.03. The quantitative estimate of drug-likeness (QED) is 0.783. The third-order valence-corrected chi connectivity index (χ3v) is 4.23. The van der Waals surface area contributed by atoms with Gasteiger partial charge in [-0.15, -0.1) is 0 Å². The van der Waals surface area contributed by atoms with Crippen LogP contribution in [-0.4, -0.2) is 30.7 Å². The fourth-order valence-electron chi connectivity index (χ4n) is 3.08. The predicted molar refractivity (Wildman–Crippen MR) is 71.1 cm³/mol. The minimum absolute atomic E-state index is 0.153. The van der Waals surface area contributed by atoms with Crippen molar-refractivity contribution >= 4 is 5.91 Å². The molecule has 0 aromatic rings. The summed E-state index contributed by atoms with van der Waals surface area (Å²) >= 11 is 0. The highest BCUT2D eigenvalue weighted by atomic mass is 16.5. The van der Waals surface area contributed by atoms with E-state index in [0.717, 1.165) is 32.3 Å². The molecule has 0 saturated heterocycles. The Bertz CT molecular complexity index is 277. The molecule has 2 fully saturated rings. The molecule has 0 radical (unpaired) electrons. The largest absolute Gasteiger partial charge is 0.378 e. The molecule has 104 valence electrons. The average Bonchev–Trinajstić information content (AvgIpc) is 2.29. The fourth-order valence-corrected chi connectivity index (χ4v) is 3.08. The van der Waals surface area contributed by atoms with Crippen molar-refractivity contribution in [3.05, 3.63) is 0 Å². The van der Waals surface area contributed by atoms with Gasteiger partial charge in [-0.3, -0.25) is 4.79 Å². The van der Waals surface area contributed by atoms with Crippen LogP contribution in [0.5, 0.6) is 0 Å². The number of amides is 1. The number of hydrogen-bond donors (Lipinski definition) is 2. The lowest BCUT2D eigenvalue weighted by Gasteiger charge is -2.35. The Morgan fingerprint density at radius 2 is 2.06 bits per heavy atom. The van der Waals surface area contributed by atoms with Crippen LogP contribution in [0.4, 0.5) is 0 Å². The number of hydrogen-bond acceptors (Lipinski definition) is 3. The van der Waals surface area contributed by atoms with Crippen LogP contribution >= 0.6 is 0 Å². The number of carbonyl (C=O) groups is 1. The Kier molecular flexibility index (Phi) is 5.01. The zero-order valence-corrected chi connectivity index (χ0v) is 11.4. The van der Waals surface area contributed by atoms with Gasteiger partial charge in [-0.05, 0) is 38.5 Å². The summed E-state index contributed by atoms with van der Waals surface area (Å²) in [6, 6.07) is 0.356. The molecule has 2 aliphatic rings. The second-order valence-electron chi connectivity index (χ2n) is 5.74. The lowest BCUT2D eigenvalue weighted by molar-refractivity contribution is -0.125. The molecule has 4 heteroatoms. The normalized spacial score (nSPS) is 35.9. The molecule has 0 aromatic heterocycles. The maximum Gasteiger partial charge on any atom is 0.220 e. The van der Waals surface area contributed by atoms with Crippen molar-refractivity contribution in [1.29, 1.82) is 0 Å². The summed E-state index contributed by atoms with van der Waals surface area (Å²) in [6.07, 6.45) is 7.59. The van der Waals surface area contributed by atoms with E-state index < -0.39 is 0 Å². The lowest BCUT2D eigenvalue weighted by Crippen LogP contribution is -2.50. The van der Waals surface area contributed by atoms with E-state index in [1.165, 1.54) is 12.8 Å². The van der Waals surface area contributed by atoms with Crippen molar-refractivity contribution in [2.45, 2.75) is 70.1 Å². The van der Waals surface area contributed by atoms with Gasteiger partial charge in [0.25, 0.3) is 0 Å². The van der Waals surface area contributed by atoms with Crippen molar-refractivity contribution in [1.82, 2.24) is 5.32 Å². The predicted octanol–water partition coefficient (Wildman–Crippen LogP) is 1.58. The van der Waals surface area contributed by atoms with E-state index in [4.69, 9.17) is 10.5 Å². The van der Waals surface area contributed by atoms with Gasteiger partial charge in [0, 0.05) is 25.1 Å². The Morgan fingerprint density at radius 1 is 1.33 bits per heavy atom. The molecule has 2 rings (SSSR count). The van der Waals surface area contributed by atoms with E-state index in [0.29, 0.717) is 18.4 Å². The maximum absolute atomic E-state index is 11.9. The minimum atomic E-state index is 0.153. The summed E-state index contributed by atoms with van der Waals surface area (Å²) in [4.78, 5) is 11.9. The van der Waals surface area contributed by atoms with E-state index in [1.807, 2.05) is 6.92 Å². The summed E-state index contributed by atoms with van der Waals surface area (Å²) in [5.74, 6) is 0.693. The van der Waals surface area contributed by atoms with Crippen LogP contribution in [-0.2, 0) is 9.53 Å². The van der Waals surface area contributed by atoms with Crippen LogP contribution in [0.25, 0.3) is 0 Å². The van der Waals surface area contributed by atoms with Gasteiger partial charge in [-0.2, -0.15) is 0 Å². The van der Waals surface area contributed by atoms with Crippen LogP contribution < -0.4 is 11.1 Å². The fraction of sp³-hybridized carbons (Fsp3) is 0.929. The van der Waals surface area contributed by atoms with Gasteiger partial charge < -0.3 is 15.8 Å². The number of nitrogens with one attached hydrogen (secondary N) is 1. The first-order valence-electron chi connectivity index (χ1n) is 7.35. The molecule has 2 saturated carbocycles. The van der Waals surface area contributed by atoms with Gasteiger partial charge in [-0.25, -0.2) is 0 Å². The molecule has 4 nitrogen and oxygen atoms in total. The van der Waals surface area contributed by atoms with Gasteiger partial charge in [-0.1, -0.05) is 12.8 Å². The first-order valence-corrected chi connectivity index (χ1v) is 7.35. The van der Waals surface area contributed by atoms with E-state index in [1.54, 1.807) is 0 Å². The molecule has 0 unspecified atom stereocenters. The average molecular weight is 254 g/mol. The minimum Gasteiger partial charge on any atom is -0.378 e. The Balaban J connectivity index is 1.63. The number of nitrogens with two attached hydrogens (primary N) is 1. The van der Waals surface area contributed by atoms with Crippen LogP contribution in [0.15, 0.2) is 0 Å². The molecule has 0 spiro atoms. The molecule has 3 N–H and O–H groups in total.